The molecule has 7 nitrogen and oxygen atoms in total. The van der Waals surface area contributed by atoms with Crippen LogP contribution in [-0.2, 0) is 10.0 Å². The van der Waals surface area contributed by atoms with Crippen LogP contribution < -0.4 is 5.32 Å². The zero-order valence-corrected chi connectivity index (χ0v) is 17.0. The van der Waals surface area contributed by atoms with Crippen molar-refractivity contribution in [2.24, 2.45) is 0 Å². The fraction of sp³-hybridized carbons (Fsp3) is 0.333. The van der Waals surface area contributed by atoms with Crippen molar-refractivity contribution in [2.45, 2.75) is 18.9 Å². The Morgan fingerprint density at radius 1 is 1.21 bits per heavy atom. The van der Waals surface area contributed by atoms with E-state index in [1.165, 1.54) is 33.4 Å². The van der Waals surface area contributed by atoms with Crippen LogP contribution in [0.25, 0.3) is 16.9 Å². The van der Waals surface area contributed by atoms with E-state index in [-0.39, 0.29) is 22.5 Å². The molecule has 1 aromatic carbocycles. The fourth-order valence-electron chi connectivity index (χ4n) is 3.46. The molecule has 0 unspecified atom stereocenters. The van der Waals surface area contributed by atoms with E-state index in [2.05, 4.69) is 15.4 Å². The fourth-order valence-corrected chi connectivity index (χ4v) is 4.50. The van der Waals surface area contributed by atoms with Crippen molar-refractivity contribution in [3.8, 4) is 11.3 Å². The monoisotopic (exact) mass is 441 g/mol. The first kappa shape index (κ1) is 20.0. The lowest BCUT2D eigenvalue weighted by Crippen LogP contribution is -2.41. The van der Waals surface area contributed by atoms with E-state index in [9.17, 15) is 17.2 Å². The van der Waals surface area contributed by atoms with Crippen molar-refractivity contribution in [3.05, 3.63) is 47.2 Å². The van der Waals surface area contributed by atoms with Crippen molar-refractivity contribution >= 4 is 33.0 Å². The van der Waals surface area contributed by atoms with Crippen LogP contribution in [0.15, 0.2) is 30.5 Å². The molecule has 29 heavy (non-hydrogen) atoms. The Morgan fingerprint density at radius 2 is 1.86 bits per heavy atom. The molecule has 1 aliphatic rings. The predicted molar refractivity (Wildman–Crippen MR) is 106 cm³/mol. The summed E-state index contributed by atoms with van der Waals surface area (Å²) in [5.74, 6) is -1.47. The van der Waals surface area contributed by atoms with Gasteiger partial charge in [0.2, 0.25) is 10.0 Å². The third-order valence-corrected chi connectivity index (χ3v) is 6.49. The number of piperidine rings is 1. The highest BCUT2D eigenvalue weighted by Crippen LogP contribution is 2.30. The zero-order valence-electron chi connectivity index (χ0n) is 15.4. The number of fused-ring (bicyclic) bond motifs is 1. The van der Waals surface area contributed by atoms with E-state index in [1.54, 1.807) is 0 Å². The van der Waals surface area contributed by atoms with Crippen LogP contribution in [0.2, 0.25) is 5.15 Å². The van der Waals surface area contributed by atoms with Crippen LogP contribution in [0.3, 0.4) is 0 Å². The topological polar surface area (TPSA) is 79.6 Å². The van der Waals surface area contributed by atoms with Gasteiger partial charge in [-0.05, 0) is 31.0 Å². The zero-order chi connectivity index (χ0) is 20.8. The summed E-state index contributed by atoms with van der Waals surface area (Å²) in [6.45, 7) is 0.781. The van der Waals surface area contributed by atoms with Crippen LogP contribution in [-0.4, -0.2) is 52.7 Å². The number of rotatable bonds is 4. The van der Waals surface area contributed by atoms with Crippen LogP contribution in [0.5, 0.6) is 0 Å². The SMILES string of the molecule is CS(=O)(=O)N1CCC(Nc2cc(-c3c(F)cccc3F)nn3c(Cl)cnc23)CC1. The Morgan fingerprint density at radius 3 is 2.48 bits per heavy atom. The molecule has 0 bridgehead atoms. The van der Waals surface area contributed by atoms with E-state index in [0.29, 0.717) is 37.3 Å². The second-order valence-corrected chi connectivity index (χ2v) is 9.31. The maximum Gasteiger partial charge on any atom is 0.211 e. The Labute approximate surface area is 171 Å². The summed E-state index contributed by atoms with van der Waals surface area (Å²) in [4.78, 5) is 4.23. The minimum atomic E-state index is -3.23. The molecule has 0 saturated carbocycles. The minimum Gasteiger partial charge on any atom is -0.379 e. The standard InChI is InChI=1S/C18H18ClF2N5O2S/c1-29(27,28)25-7-5-11(6-8-25)23-15-9-14(17-12(20)3-2-4-13(17)21)24-26-16(19)10-22-18(15)26/h2-4,9-11,23H,5-8H2,1H3. The lowest BCUT2D eigenvalue weighted by molar-refractivity contribution is 0.332. The minimum absolute atomic E-state index is 0.0343. The number of halogens is 3. The molecule has 1 saturated heterocycles. The number of sulfonamides is 1. The Bertz CT molecular complexity index is 1160. The van der Waals surface area contributed by atoms with E-state index >= 15 is 0 Å². The summed E-state index contributed by atoms with van der Waals surface area (Å²) in [6, 6.07) is 5.10. The van der Waals surface area contributed by atoms with Crippen molar-refractivity contribution in [1.29, 1.82) is 0 Å². The molecular weight excluding hydrogens is 424 g/mol. The van der Waals surface area contributed by atoms with Crippen LogP contribution in [0.4, 0.5) is 14.5 Å². The average molecular weight is 442 g/mol. The van der Waals surface area contributed by atoms with Gasteiger partial charge in [-0.1, -0.05) is 17.7 Å². The Hall–Kier alpha value is -2.30. The van der Waals surface area contributed by atoms with Gasteiger partial charge in [0, 0.05) is 19.1 Å². The van der Waals surface area contributed by atoms with Crippen molar-refractivity contribution in [3.63, 3.8) is 0 Å². The summed E-state index contributed by atoms with van der Waals surface area (Å²) in [5, 5.41) is 7.75. The van der Waals surface area contributed by atoms with Crippen molar-refractivity contribution in [1.82, 2.24) is 18.9 Å². The van der Waals surface area contributed by atoms with Crippen molar-refractivity contribution < 1.29 is 17.2 Å². The molecule has 1 aliphatic heterocycles. The van der Waals surface area contributed by atoms with Gasteiger partial charge in [0.1, 0.15) is 11.6 Å². The lowest BCUT2D eigenvalue weighted by Gasteiger charge is -2.31. The molecule has 0 radical (unpaired) electrons. The summed E-state index contributed by atoms with van der Waals surface area (Å²) < 4.78 is 54.7. The number of nitrogens with one attached hydrogen (secondary N) is 1. The normalized spacial score (nSPS) is 16.4. The summed E-state index contributed by atoms with van der Waals surface area (Å²) in [6.07, 6.45) is 3.76. The number of imidazole rings is 1. The molecule has 0 atom stereocenters. The van der Waals surface area contributed by atoms with E-state index in [0.717, 1.165) is 12.1 Å². The molecule has 1 fully saturated rings. The van der Waals surface area contributed by atoms with Gasteiger partial charge >= 0.3 is 0 Å². The van der Waals surface area contributed by atoms with Gasteiger partial charge in [-0.2, -0.15) is 9.61 Å². The molecule has 3 heterocycles. The first-order valence-electron chi connectivity index (χ1n) is 8.94. The summed E-state index contributed by atoms with van der Waals surface area (Å²) in [5.41, 5.74) is 0.751. The third kappa shape index (κ3) is 3.92. The van der Waals surface area contributed by atoms with Crippen LogP contribution in [0.1, 0.15) is 12.8 Å². The second kappa shape index (κ2) is 7.51. The van der Waals surface area contributed by atoms with Gasteiger partial charge in [0.25, 0.3) is 0 Å². The Kier molecular flexibility index (Phi) is 5.18. The average Bonchev–Trinajstić information content (AvgIpc) is 3.03. The maximum atomic E-state index is 14.3. The molecule has 0 amide bonds. The van der Waals surface area contributed by atoms with Crippen molar-refractivity contribution in [2.75, 3.05) is 24.7 Å². The molecule has 0 spiro atoms. The molecule has 0 aliphatic carbocycles. The van der Waals surface area contributed by atoms with E-state index in [4.69, 9.17) is 11.6 Å². The van der Waals surface area contributed by atoms with Gasteiger partial charge in [-0.25, -0.2) is 26.5 Å². The molecule has 154 valence electrons. The smallest absolute Gasteiger partial charge is 0.211 e. The van der Waals surface area contributed by atoms with Gasteiger partial charge < -0.3 is 5.32 Å². The van der Waals surface area contributed by atoms with Gasteiger partial charge in [0.05, 0.1) is 29.4 Å². The molecule has 3 aromatic rings. The van der Waals surface area contributed by atoms with Gasteiger partial charge in [0.15, 0.2) is 10.8 Å². The molecule has 4 rings (SSSR count). The number of nitrogens with zero attached hydrogens (tertiary/aromatic N) is 4. The number of aromatic nitrogens is 3. The number of anilines is 1. The third-order valence-electron chi connectivity index (χ3n) is 4.93. The predicted octanol–water partition coefficient (Wildman–Crippen LogP) is 3.16. The van der Waals surface area contributed by atoms with E-state index in [1.807, 2.05) is 0 Å². The van der Waals surface area contributed by atoms with Crippen LogP contribution in [0, 0.1) is 11.6 Å². The second-order valence-electron chi connectivity index (χ2n) is 6.94. The lowest BCUT2D eigenvalue weighted by atomic mass is 10.1. The molecule has 2 aromatic heterocycles. The number of hydrogen-bond acceptors (Lipinski definition) is 5. The first-order chi connectivity index (χ1) is 13.7. The highest BCUT2D eigenvalue weighted by atomic mass is 35.5. The molecular formula is C18H18ClF2N5O2S. The summed E-state index contributed by atoms with van der Waals surface area (Å²) in [7, 11) is -3.23. The maximum absolute atomic E-state index is 14.3. The summed E-state index contributed by atoms with van der Waals surface area (Å²) >= 11 is 6.14. The number of hydrogen-bond donors (Lipinski definition) is 1. The number of benzene rings is 1. The van der Waals surface area contributed by atoms with Gasteiger partial charge in [-0.3, -0.25) is 0 Å². The van der Waals surface area contributed by atoms with Crippen LogP contribution >= 0.6 is 11.6 Å². The Balaban J connectivity index is 1.70. The molecule has 1 N–H and O–H groups in total. The highest BCUT2D eigenvalue weighted by molar-refractivity contribution is 7.88. The van der Waals surface area contributed by atoms with Gasteiger partial charge in [-0.15, -0.1) is 0 Å². The van der Waals surface area contributed by atoms with E-state index < -0.39 is 21.7 Å². The molecule has 11 heteroatoms. The quantitative estimate of drug-likeness (QED) is 0.672. The first-order valence-corrected chi connectivity index (χ1v) is 11.2. The highest BCUT2D eigenvalue weighted by Gasteiger charge is 2.26. The largest absolute Gasteiger partial charge is 0.379 e.